The zero-order valence-electron chi connectivity index (χ0n) is 22.4. The van der Waals surface area contributed by atoms with Gasteiger partial charge >= 0.3 is 6.09 Å². The van der Waals surface area contributed by atoms with Crippen molar-refractivity contribution in [2.45, 2.75) is 45.4 Å². The lowest BCUT2D eigenvalue weighted by Crippen LogP contribution is -2.48. The van der Waals surface area contributed by atoms with Gasteiger partial charge in [0.25, 0.3) is 0 Å². The Morgan fingerprint density at radius 2 is 1.74 bits per heavy atom. The third-order valence-corrected chi connectivity index (χ3v) is 6.70. The summed E-state index contributed by atoms with van der Waals surface area (Å²) in [5.74, 6) is 2.08. The van der Waals surface area contributed by atoms with E-state index in [0.717, 1.165) is 42.2 Å². The van der Waals surface area contributed by atoms with Crippen LogP contribution in [0.2, 0.25) is 0 Å². The van der Waals surface area contributed by atoms with Crippen LogP contribution in [0.1, 0.15) is 32.2 Å². The van der Waals surface area contributed by atoms with Crippen molar-refractivity contribution in [3.8, 4) is 0 Å². The van der Waals surface area contributed by atoms with E-state index in [2.05, 4.69) is 50.8 Å². The summed E-state index contributed by atoms with van der Waals surface area (Å²) in [7, 11) is 0. The molecule has 0 unspecified atom stereocenters. The van der Waals surface area contributed by atoms with E-state index in [1.54, 1.807) is 23.6 Å². The first kappa shape index (κ1) is 27.2. The van der Waals surface area contributed by atoms with E-state index < -0.39 is 5.60 Å². The number of ether oxygens (including phenoxy) is 2. The number of carbonyl (C=O) groups excluding carboxylic acids is 1. The van der Waals surface area contributed by atoms with Gasteiger partial charge in [0.1, 0.15) is 17.8 Å². The minimum Gasteiger partial charge on any atom is -0.444 e. The molecule has 14 heteroatoms. The molecule has 0 aliphatic carbocycles. The Hall–Kier alpha value is -3.39. The number of amides is 1. The predicted molar refractivity (Wildman–Crippen MR) is 147 cm³/mol. The fourth-order valence-electron chi connectivity index (χ4n) is 4.44. The van der Waals surface area contributed by atoms with Crippen LogP contribution in [0, 0.1) is 0 Å². The molecular weight excluding hydrogens is 568 g/mol. The first-order chi connectivity index (χ1) is 18.7. The van der Waals surface area contributed by atoms with E-state index in [1.807, 2.05) is 37.8 Å². The third kappa shape index (κ3) is 7.38. The summed E-state index contributed by atoms with van der Waals surface area (Å²) in [6, 6.07) is 0. The van der Waals surface area contributed by atoms with Crippen molar-refractivity contribution < 1.29 is 14.3 Å². The average Bonchev–Trinajstić information content (AvgIpc) is 3.35. The summed E-state index contributed by atoms with van der Waals surface area (Å²) in [4.78, 5) is 40.7. The lowest BCUT2D eigenvalue weighted by molar-refractivity contribution is -0.0483. The van der Waals surface area contributed by atoms with Crippen molar-refractivity contribution in [1.82, 2.24) is 39.6 Å². The average molecular weight is 602 g/mol. The minimum atomic E-state index is -0.528. The second kappa shape index (κ2) is 11.8. The van der Waals surface area contributed by atoms with E-state index in [9.17, 15) is 4.79 Å². The molecule has 0 bridgehead atoms. The van der Waals surface area contributed by atoms with Crippen molar-refractivity contribution in [2.75, 3.05) is 55.7 Å². The molecule has 0 spiro atoms. The molecule has 13 nitrogen and oxygen atoms in total. The second-order valence-electron chi connectivity index (χ2n) is 10.5. The Kier molecular flexibility index (Phi) is 8.21. The zero-order chi connectivity index (χ0) is 27.4. The SMILES string of the molecule is CC(C)(C)OC(=O)N1CCO[C@H](Cn2cc(Cc3ncnc(N4CCN(c5ncc(Br)cn5)CC4)n3)cn2)C1. The van der Waals surface area contributed by atoms with Gasteiger partial charge in [-0.15, -0.1) is 0 Å². The van der Waals surface area contributed by atoms with Crippen molar-refractivity contribution in [3.05, 3.63) is 47.0 Å². The first-order valence-corrected chi connectivity index (χ1v) is 13.8. The number of morpholine rings is 1. The maximum Gasteiger partial charge on any atom is 0.410 e. The van der Waals surface area contributed by atoms with Crippen LogP contribution in [-0.2, 0) is 22.4 Å². The summed E-state index contributed by atoms with van der Waals surface area (Å²) in [6.07, 6.45) is 8.93. The van der Waals surface area contributed by atoms with Gasteiger partial charge in [0.2, 0.25) is 11.9 Å². The molecule has 2 saturated heterocycles. The van der Waals surface area contributed by atoms with Crippen LogP contribution < -0.4 is 9.80 Å². The quantitative estimate of drug-likeness (QED) is 0.413. The number of piperazine rings is 1. The van der Waals surface area contributed by atoms with Crippen LogP contribution in [-0.4, -0.2) is 103 Å². The van der Waals surface area contributed by atoms with Gasteiger partial charge in [-0.05, 0) is 42.3 Å². The minimum absolute atomic E-state index is 0.163. The van der Waals surface area contributed by atoms with E-state index in [4.69, 9.17) is 14.5 Å². The second-order valence-corrected chi connectivity index (χ2v) is 11.5. The highest BCUT2D eigenvalue weighted by Crippen LogP contribution is 2.17. The molecule has 5 heterocycles. The molecule has 0 saturated carbocycles. The summed E-state index contributed by atoms with van der Waals surface area (Å²) in [5, 5.41) is 4.49. The number of hydrogen-bond acceptors (Lipinski definition) is 11. The lowest BCUT2D eigenvalue weighted by Gasteiger charge is -2.34. The van der Waals surface area contributed by atoms with Gasteiger partial charge < -0.3 is 24.2 Å². The Labute approximate surface area is 235 Å². The van der Waals surface area contributed by atoms with E-state index >= 15 is 0 Å². The topological polar surface area (TPSA) is 128 Å². The first-order valence-electron chi connectivity index (χ1n) is 13.0. The fraction of sp³-hybridized carbons (Fsp3) is 0.560. The van der Waals surface area contributed by atoms with Crippen LogP contribution in [0.5, 0.6) is 0 Å². The number of hydrogen-bond donors (Lipinski definition) is 0. The molecule has 0 radical (unpaired) electrons. The predicted octanol–water partition coefficient (Wildman–Crippen LogP) is 2.17. The summed E-state index contributed by atoms with van der Waals surface area (Å²) < 4.78 is 14.1. The Morgan fingerprint density at radius 1 is 1.03 bits per heavy atom. The van der Waals surface area contributed by atoms with Crippen LogP contribution in [0.15, 0.2) is 35.6 Å². The summed E-state index contributed by atoms with van der Waals surface area (Å²) in [6.45, 7) is 10.7. The van der Waals surface area contributed by atoms with Gasteiger partial charge in [0.15, 0.2) is 0 Å². The van der Waals surface area contributed by atoms with Gasteiger partial charge in [-0.1, -0.05) is 0 Å². The molecule has 5 rings (SSSR count). The normalized spacial score (nSPS) is 18.4. The Balaban J connectivity index is 1.14. The molecule has 3 aromatic heterocycles. The van der Waals surface area contributed by atoms with Crippen molar-refractivity contribution in [3.63, 3.8) is 0 Å². The molecule has 39 heavy (non-hydrogen) atoms. The van der Waals surface area contributed by atoms with E-state index in [-0.39, 0.29) is 12.2 Å². The number of rotatable bonds is 6. The van der Waals surface area contributed by atoms with Gasteiger partial charge in [0.05, 0.1) is 36.5 Å². The number of anilines is 2. The molecule has 0 aromatic carbocycles. The molecule has 3 aromatic rings. The Morgan fingerprint density at radius 3 is 2.46 bits per heavy atom. The number of aromatic nitrogens is 7. The monoisotopic (exact) mass is 600 g/mol. The third-order valence-electron chi connectivity index (χ3n) is 6.29. The standard InChI is InChI=1S/C25H33BrN10O3/c1-25(2,3)39-24(37)35-8-9-38-20(15-35)16-36-14-18(11-31-36)10-21-29-17-30-23(32-21)34-6-4-33(5-7-34)22-27-12-19(26)13-28-22/h11-14,17,20H,4-10,15-16H2,1-3H3/t20-/m0/s1. The van der Waals surface area contributed by atoms with Crippen molar-refractivity contribution in [2.24, 2.45) is 0 Å². The molecule has 2 fully saturated rings. The van der Waals surface area contributed by atoms with Crippen molar-refractivity contribution >= 4 is 33.9 Å². The fourth-order valence-corrected chi connectivity index (χ4v) is 4.65. The van der Waals surface area contributed by atoms with Crippen LogP contribution >= 0.6 is 15.9 Å². The molecule has 1 amide bonds. The van der Waals surface area contributed by atoms with Crippen molar-refractivity contribution in [1.29, 1.82) is 0 Å². The highest BCUT2D eigenvalue weighted by molar-refractivity contribution is 9.10. The van der Waals surface area contributed by atoms with Crippen LogP contribution in [0.4, 0.5) is 16.7 Å². The number of halogens is 1. The molecule has 2 aliphatic rings. The van der Waals surface area contributed by atoms with Gasteiger partial charge in [0, 0.05) is 57.7 Å². The molecular formula is C25H33BrN10O3. The van der Waals surface area contributed by atoms with E-state index in [1.165, 1.54) is 0 Å². The maximum atomic E-state index is 12.4. The molecule has 2 aliphatic heterocycles. The number of carbonyl (C=O) groups is 1. The molecule has 1 atom stereocenters. The summed E-state index contributed by atoms with van der Waals surface area (Å²) >= 11 is 3.38. The Bertz CT molecular complexity index is 1260. The highest BCUT2D eigenvalue weighted by Gasteiger charge is 2.28. The maximum absolute atomic E-state index is 12.4. The van der Waals surface area contributed by atoms with E-state index in [0.29, 0.717) is 44.4 Å². The largest absolute Gasteiger partial charge is 0.444 e. The molecule has 0 N–H and O–H groups in total. The number of nitrogens with zero attached hydrogens (tertiary/aromatic N) is 10. The molecule has 208 valence electrons. The lowest BCUT2D eigenvalue weighted by atomic mass is 10.2. The zero-order valence-corrected chi connectivity index (χ0v) is 24.0. The van der Waals surface area contributed by atoms with Crippen LogP contribution in [0.3, 0.4) is 0 Å². The highest BCUT2D eigenvalue weighted by atomic mass is 79.9. The van der Waals surface area contributed by atoms with Gasteiger partial charge in [-0.25, -0.2) is 24.7 Å². The smallest absolute Gasteiger partial charge is 0.410 e. The van der Waals surface area contributed by atoms with Gasteiger partial charge in [-0.3, -0.25) is 4.68 Å². The summed E-state index contributed by atoms with van der Waals surface area (Å²) in [5.41, 5.74) is 0.462. The van der Waals surface area contributed by atoms with Gasteiger partial charge in [-0.2, -0.15) is 10.1 Å². The van der Waals surface area contributed by atoms with Crippen LogP contribution in [0.25, 0.3) is 0 Å².